The molecule has 1 rings (SSSR count). The minimum Gasteiger partial charge on any atom is -0.494 e. The zero-order chi connectivity index (χ0) is 15.2. The van der Waals surface area contributed by atoms with Gasteiger partial charge in [-0.25, -0.2) is 0 Å². The molecule has 0 unspecified atom stereocenters. The number of benzene rings is 1. The predicted molar refractivity (Wildman–Crippen MR) is 85.2 cm³/mol. The van der Waals surface area contributed by atoms with Crippen LogP contribution in [0, 0.1) is 0 Å². The summed E-state index contributed by atoms with van der Waals surface area (Å²) < 4.78 is 5.47. The van der Waals surface area contributed by atoms with E-state index in [-0.39, 0.29) is 11.4 Å². The Morgan fingerprint density at radius 2 is 1.85 bits per heavy atom. The smallest absolute Gasteiger partial charge is 0.257 e. The Morgan fingerprint density at radius 3 is 2.35 bits per heavy atom. The molecular weight excluding hydrogens is 272 g/mol. The van der Waals surface area contributed by atoms with Gasteiger partial charge in [-0.15, -0.1) is 0 Å². The number of hydrogen-bond donors (Lipinski definition) is 2. The number of nitrogens with one attached hydrogen (secondary N) is 2. The Balaban J connectivity index is 2.57. The molecule has 0 aliphatic rings. The van der Waals surface area contributed by atoms with E-state index in [0.717, 1.165) is 12.2 Å². The van der Waals surface area contributed by atoms with E-state index in [2.05, 4.69) is 10.6 Å². The lowest BCUT2D eigenvalue weighted by Crippen LogP contribution is -2.48. The van der Waals surface area contributed by atoms with Gasteiger partial charge in [0, 0.05) is 11.1 Å². The largest absolute Gasteiger partial charge is 0.494 e. The maximum Gasteiger partial charge on any atom is 0.257 e. The molecule has 0 aliphatic heterocycles. The van der Waals surface area contributed by atoms with Crippen molar-refractivity contribution in [2.45, 2.75) is 39.7 Å². The van der Waals surface area contributed by atoms with Crippen molar-refractivity contribution >= 4 is 23.2 Å². The Hall–Kier alpha value is -1.62. The Bertz CT molecular complexity index is 464. The molecule has 0 aromatic heterocycles. The van der Waals surface area contributed by atoms with Crippen LogP contribution in [0.4, 0.5) is 0 Å². The van der Waals surface area contributed by atoms with E-state index in [4.69, 9.17) is 17.0 Å². The van der Waals surface area contributed by atoms with E-state index in [1.807, 2.05) is 27.7 Å². The third-order valence-corrected chi connectivity index (χ3v) is 2.51. The molecule has 4 nitrogen and oxygen atoms in total. The highest BCUT2D eigenvalue weighted by Crippen LogP contribution is 2.12. The summed E-state index contributed by atoms with van der Waals surface area (Å²) in [5, 5.41) is 6.02. The number of rotatable bonds is 4. The quantitative estimate of drug-likeness (QED) is 0.838. The minimum absolute atomic E-state index is 0.178. The van der Waals surface area contributed by atoms with E-state index in [9.17, 15) is 4.79 Å². The van der Waals surface area contributed by atoms with E-state index in [1.54, 1.807) is 24.3 Å². The standard InChI is InChI=1S/C15H22N2O2S/c1-5-10-19-12-8-6-11(7-9-12)13(18)16-14(20)17-15(2,3)4/h6-9H,5,10H2,1-4H3,(H2,16,17,18,20). The molecule has 110 valence electrons. The molecule has 0 heterocycles. The molecule has 0 fully saturated rings. The molecule has 1 aromatic rings. The van der Waals surface area contributed by atoms with Crippen LogP contribution in [0.15, 0.2) is 24.3 Å². The molecule has 0 atom stereocenters. The molecule has 20 heavy (non-hydrogen) atoms. The highest BCUT2D eigenvalue weighted by Gasteiger charge is 2.13. The Morgan fingerprint density at radius 1 is 1.25 bits per heavy atom. The van der Waals surface area contributed by atoms with Crippen molar-refractivity contribution in [3.8, 4) is 5.75 Å². The van der Waals surface area contributed by atoms with Crippen LogP contribution >= 0.6 is 12.2 Å². The summed E-state index contributed by atoms with van der Waals surface area (Å²) in [5.74, 6) is 0.535. The van der Waals surface area contributed by atoms with Gasteiger partial charge in [0.15, 0.2) is 5.11 Å². The highest BCUT2D eigenvalue weighted by atomic mass is 32.1. The molecule has 0 bridgehead atoms. The molecule has 1 amide bonds. The number of carbonyl (C=O) groups excluding carboxylic acids is 1. The first-order valence-electron chi connectivity index (χ1n) is 6.68. The second-order valence-electron chi connectivity index (χ2n) is 5.53. The SMILES string of the molecule is CCCOc1ccc(C(=O)NC(=S)NC(C)(C)C)cc1. The van der Waals surface area contributed by atoms with E-state index >= 15 is 0 Å². The van der Waals surface area contributed by atoms with Gasteiger partial charge >= 0.3 is 0 Å². The van der Waals surface area contributed by atoms with Gasteiger partial charge < -0.3 is 10.1 Å². The zero-order valence-corrected chi connectivity index (χ0v) is 13.3. The lowest BCUT2D eigenvalue weighted by atomic mass is 10.1. The van der Waals surface area contributed by atoms with Crippen LogP contribution in [-0.4, -0.2) is 23.2 Å². The Labute approximate surface area is 125 Å². The first kappa shape index (κ1) is 16.4. The van der Waals surface area contributed by atoms with E-state index < -0.39 is 0 Å². The summed E-state index contributed by atoms with van der Waals surface area (Å²) in [6.07, 6.45) is 0.953. The topological polar surface area (TPSA) is 50.4 Å². The van der Waals surface area contributed by atoms with Crippen LogP contribution in [0.3, 0.4) is 0 Å². The fourth-order valence-corrected chi connectivity index (χ4v) is 1.87. The van der Waals surface area contributed by atoms with Crippen LogP contribution in [0.2, 0.25) is 0 Å². The predicted octanol–water partition coefficient (Wildman–Crippen LogP) is 2.88. The monoisotopic (exact) mass is 294 g/mol. The highest BCUT2D eigenvalue weighted by molar-refractivity contribution is 7.80. The fraction of sp³-hybridized carbons (Fsp3) is 0.467. The third-order valence-electron chi connectivity index (χ3n) is 2.30. The molecule has 0 saturated carbocycles. The molecule has 0 saturated heterocycles. The Kier molecular flexibility index (Phi) is 5.95. The molecule has 5 heteroatoms. The van der Waals surface area contributed by atoms with Crippen molar-refractivity contribution in [2.24, 2.45) is 0 Å². The van der Waals surface area contributed by atoms with Crippen molar-refractivity contribution < 1.29 is 9.53 Å². The second-order valence-corrected chi connectivity index (χ2v) is 5.94. The lowest BCUT2D eigenvalue weighted by molar-refractivity contribution is 0.0976. The third kappa shape index (κ3) is 6.02. The van der Waals surface area contributed by atoms with Crippen molar-refractivity contribution in [2.75, 3.05) is 6.61 Å². The summed E-state index contributed by atoms with van der Waals surface area (Å²) in [5.41, 5.74) is 0.370. The fourth-order valence-electron chi connectivity index (χ4n) is 1.47. The minimum atomic E-state index is -0.228. The molecule has 0 spiro atoms. The van der Waals surface area contributed by atoms with Gasteiger partial charge in [0.25, 0.3) is 5.91 Å². The van der Waals surface area contributed by atoms with Crippen LogP contribution in [0.1, 0.15) is 44.5 Å². The van der Waals surface area contributed by atoms with Crippen molar-refractivity contribution in [3.05, 3.63) is 29.8 Å². The first-order valence-corrected chi connectivity index (χ1v) is 7.09. The van der Waals surface area contributed by atoms with Gasteiger partial charge in [-0.3, -0.25) is 10.1 Å². The maximum absolute atomic E-state index is 12.0. The van der Waals surface area contributed by atoms with Gasteiger partial charge in [0.05, 0.1) is 6.61 Å². The summed E-state index contributed by atoms with van der Waals surface area (Å²) in [7, 11) is 0. The number of hydrogen-bond acceptors (Lipinski definition) is 3. The van der Waals surface area contributed by atoms with Gasteiger partial charge in [-0.2, -0.15) is 0 Å². The summed E-state index contributed by atoms with van der Waals surface area (Å²) in [4.78, 5) is 12.0. The summed E-state index contributed by atoms with van der Waals surface area (Å²) >= 11 is 5.09. The van der Waals surface area contributed by atoms with E-state index in [0.29, 0.717) is 17.3 Å². The van der Waals surface area contributed by atoms with Crippen LogP contribution in [0.5, 0.6) is 5.75 Å². The van der Waals surface area contributed by atoms with Gasteiger partial charge in [0.2, 0.25) is 0 Å². The van der Waals surface area contributed by atoms with E-state index in [1.165, 1.54) is 0 Å². The molecule has 1 aromatic carbocycles. The number of amides is 1. The van der Waals surface area contributed by atoms with Crippen molar-refractivity contribution in [1.82, 2.24) is 10.6 Å². The number of carbonyl (C=O) groups is 1. The van der Waals surface area contributed by atoms with Crippen LogP contribution < -0.4 is 15.4 Å². The second kappa shape index (κ2) is 7.24. The summed E-state index contributed by atoms with van der Waals surface area (Å²) in [6, 6.07) is 7.01. The molecule has 2 N–H and O–H groups in total. The summed E-state index contributed by atoms with van der Waals surface area (Å²) in [6.45, 7) is 8.65. The zero-order valence-electron chi connectivity index (χ0n) is 12.4. The average molecular weight is 294 g/mol. The molecule has 0 radical (unpaired) electrons. The van der Waals surface area contributed by atoms with Crippen molar-refractivity contribution in [1.29, 1.82) is 0 Å². The maximum atomic E-state index is 12.0. The lowest BCUT2D eigenvalue weighted by Gasteiger charge is -2.22. The van der Waals surface area contributed by atoms with Crippen LogP contribution in [-0.2, 0) is 0 Å². The van der Waals surface area contributed by atoms with Gasteiger partial charge in [-0.1, -0.05) is 6.92 Å². The molecular formula is C15H22N2O2S. The molecule has 0 aliphatic carbocycles. The average Bonchev–Trinajstić information content (AvgIpc) is 2.34. The normalized spacial score (nSPS) is 10.8. The van der Waals surface area contributed by atoms with Gasteiger partial charge in [-0.05, 0) is 63.7 Å². The van der Waals surface area contributed by atoms with Crippen LogP contribution in [0.25, 0.3) is 0 Å². The number of thiocarbonyl (C=S) groups is 1. The van der Waals surface area contributed by atoms with Crippen molar-refractivity contribution in [3.63, 3.8) is 0 Å². The van der Waals surface area contributed by atoms with Gasteiger partial charge in [0.1, 0.15) is 5.75 Å². The first-order chi connectivity index (χ1) is 9.31. The number of ether oxygens (including phenoxy) is 1.